The van der Waals surface area contributed by atoms with E-state index in [9.17, 15) is 14.9 Å². The smallest absolute Gasteiger partial charge is 0.310 e. The highest BCUT2D eigenvalue weighted by molar-refractivity contribution is 6.74. The second kappa shape index (κ2) is 12.4. The van der Waals surface area contributed by atoms with Crippen molar-refractivity contribution in [3.05, 3.63) is 64.2 Å². The van der Waals surface area contributed by atoms with Crippen LogP contribution in [0, 0.1) is 10.1 Å². The molecule has 0 unspecified atom stereocenters. The van der Waals surface area contributed by atoms with Gasteiger partial charge in [0, 0.05) is 24.8 Å². The van der Waals surface area contributed by atoms with Crippen LogP contribution in [0.4, 0.5) is 22.7 Å². The van der Waals surface area contributed by atoms with Crippen LogP contribution in [0.3, 0.4) is 0 Å². The predicted octanol–water partition coefficient (Wildman–Crippen LogP) is 7.77. The number of hydrogen-bond donors (Lipinski definition) is 2. The number of nitrogens with one attached hydrogen (secondary N) is 2. The number of amides is 1. The SMILES string of the molecule is COc1cc2c(cc1OCCCCO[Si](C)(C)C(C)(C)C)Nc1cc(-c3ccc([N+](=O)[O-])c(OC)c3)ccc1C(=O)N2. The number of carbonyl (C=O) groups is 1. The highest BCUT2D eigenvalue weighted by Gasteiger charge is 2.36. The van der Waals surface area contributed by atoms with Crippen LogP contribution in [0.25, 0.3) is 11.1 Å². The fourth-order valence-electron chi connectivity index (χ4n) is 4.34. The normalized spacial score (nSPS) is 12.8. The van der Waals surface area contributed by atoms with Gasteiger partial charge in [0.1, 0.15) is 0 Å². The molecule has 2 N–H and O–H groups in total. The molecule has 0 saturated carbocycles. The van der Waals surface area contributed by atoms with Crippen molar-refractivity contribution in [1.82, 2.24) is 0 Å². The zero-order valence-corrected chi connectivity index (χ0v) is 26.3. The van der Waals surface area contributed by atoms with Gasteiger partial charge in [0.2, 0.25) is 0 Å². The molecule has 0 aromatic heterocycles. The van der Waals surface area contributed by atoms with E-state index in [0.717, 1.165) is 18.4 Å². The predicted molar refractivity (Wildman–Crippen MR) is 167 cm³/mol. The van der Waals surface area contributed by atoms with Gasteiger partial charge in [0.15, 0.2) is 25.6 Å². The maximum Gasteiger partial charge on any atom is 0.310 e. The largest absolute Gasteiger partial charge is 0.493 e. The molecule has 42 heavy (non-hydrogen) atoms. The number of carbonyl (C=O) groups excluding carboxylic acids is 1. The minimum Gasteiger partial charge on any atom is -0.493 e. The number of fused-ring (bicyclic) bond motifs is 2. The first-order valence-electron chi connectivity index (χ1n) is 13.9. The topological polar surface area (TPSA) is 121 Å². The molecule has 1 aliphatic heterocycles. The Morgan fingerprint density at radius 1 is 0.810 bits per heavy atom. The first kappa shape index (κ1) is 30.9. The van der Waals surface area contributed by atoms with Gasteiger partial charge in [-0.05, 0) is 66.4 Å². The van der Waals surface area contributed by atoms with Crippen LogP contribution in [0.2, 0.25) is 18.1 Å². The van der Waals surface area contributed by atoms with Crippen molar-refractivity contribution in [2.24, 2.45) is 0 Å². The summed E-state index contributed by atoms with van der Waals surface area (Å²) in [6, 6.07) is 13.6. The van der Waals surface area contributed by atoms with Crippen LogP contribution in [-0.2, 0) is 4.43 Å². The minimum atomic E-state index is -1.77. The molecule has 11 heteroatoms. The van der Waals surface area contributed by atoms with Gasteiger partial charge in [0.05, 0.1) is 48.4 Å². The Hall–Kier alpha value is -4.09. The third-order valence-electron chi connectivity index (χ3n) is 7.86. The van der Waals surface area contributed by atoms with Gasteiger partial charge in [-0.25, -0.2) is 0 Å². The van der Waals surface area contributed by atoms with Crippen LogP contribution in [0.15, 0.2) is 48.5 Å². The first-order chi connectivity index (χ1) is 19.8. The van der Waals surface area contributed by atoms with Crippen molar-refractivity contribution in [3.63, 3.8) is 0 Å². The number of rotatable bonds is 11. The number of nitro groups is 1. The monoisotopic (exact) mass is 593 g/mol. The number of methoxy groups -OCH3 is 2. The number of anilines is 3. The summed E-state index contributed by atoms with van der Waals surface area (Å²) in [7, 11) is 1.18. The van der Waals surface area contributed by atoms with E-state index in [1.807, 2.05) is 12.1 Å². The van der Waals surface area contributed by atoms with Crippen LogP contribution in [0.1, 0.15) is 44.0 Å². The third kappa shape index (κ3) is 6.68. The number of nitrogens with zero attached hydrogens (tertiary/aromatic N) is 1. The van der Waals surface area contributed by atoms with Crippen molar-refractivity contribution in [1.29, 1.82) is 0 Å². The fourth-order valence-corrected chi connectivity index (χ4v) is 5.42. The summed E-state index contributed by atoms with van der Waals surface area (Å²) in [5.41, 5.74) is 3.59. The Labute approximate surface area is 247 Å². The summed E-state index contributed by atoms with van der Waals surface area (Å²) in [6.45, 7) is 12.4. The lowest BCUT2D eigenvalue weighted by atomic mass is 10.0. The molecule has 0 radical (unpaired) electrons. The molecule has 0 atom stereocenters. The maximum absolute atomic E-state index is 13.1. The Morgan fingerprint density at radius 2 is 1.43 bits per heavy atom. The van der Waals surface area contributed by atoms with Gasteiger partial charge in [-0.1, -0.05) is 26.8 Å². The van der Waals surface area contributed by atoms with E-state index in [1.54, 1.807) is 37.4 Å². The molecule has 0 bridgehead atoms. The molecule has 4 rings (SSSR count). The highest BCUT2D eigenvalue weighted by atomic mass is 28.4. The number of unbranched alkanes of at least 4 members (excludes halogenated alkanes) is 1. The molecular formula is C31H39N3O7Si. The Kier molecular flexibility index (Phi) is 9.12. The highest BCUT2D eigenvalue weighted by Crippen LogP contribution is 2.42. The van der Waals surface area contributed by atoms with Gasteiger partial charge in [-0.15, -0.1) is 0 Å². The summed E-state index contributed by atoms with van der Waals surface area (Å²) in [5.74, 6) is 0.950. The summed E-state index contributed by atoms with van der Waals surface area (Å²) in [5, 5.41) is 17.8. The summed E-state index contributed by atoms with van der Waals surface area (Å²) in [4.78, 5) is 23.9. The number of ether oxygens (including phenoxy) is 3. The van der Waals surface area contributed by atoms with E-state index < -0.39 is 13.2 Å². The van der Waals surface area contributed by atoms with E-state index in [2.05, 4.69) is 44.5 Å². The van der Waals surface area contributed by atoms with Gasteiger partial charge in [-0.2, -0.15) is 0 Å². The number of hydrogen-bond acceptors (Lipinski definition) is 8. The van der Waals surface area contributed by atoms with E-state index >= 15 is 0 Å². The fraction of sp³-hybridized carbons (Fsp3) is 0.387. The summed E-state index contributed by atoms with van der Waals surface area (Å²) >= 11 is 0. The van der Waals surface area contributed by atoms with Crippen molar-refractivity contribution in [2.75, 3.05) is 38.1 Å². The average molecular weight is 594 g/mol. The number of nitro benzene ring substituents is 1. The molecule has 1 aliphatic rings. The van der Waals surface area contributed by atoms with Crippen molar-refractivity contribution in [3.8, 4) is 28.4 Å². The molecule has 0 saturated heterocycles. The quantitative estimate of drug-likeness (QED) is 0.100. The lowest BCUT2D eigenvalue weighted by Gasteiger charge is -2.36. The first-order valence-corrected chi connectivity index (χ1v) is 16.8. The minimum absolute atomic E-state index is 0.118. The van der Waals surface area contributed by atoms with Gasteiger partial charge < -0.3 is 29.3 Å². The van der Waals surface area contributed by atoms with Gasteiger partial charge in [-0.3, -0.25) is 14.9 Å². The molecule has 1 amide bonds. The summed E-state index contributed by atoms with van der Waals surface area (Å²) in [6.07, 6.45) is 1.71. The molecule has 1 heterocycles. The standard InChI is InChI=1S/C31H39N3O7Si/c1-31(2,3)42(6,7)41-15-9-8-14-40-29-19-24-25(18-28(29)39-5)33-30(35)22-12-10-20(16-23(22)32-24)21-11-13-26(34(36)37)27(17-21)38-4/h10-13,16-19,32H,8-9,14-15H2,1-7H3,(H,33,35). The number of benzene rings is 3. The molecule has 3 aromatic rings. The zero-order chi connectivity index (χ0) is 30.7. The van der Waals surface area contributed by atoms with Gasteiger partial charge in [0.25, 0.3) is 5.91 Å². The molecule has 224 valence electrons. The molecule has 0 fully saturated rings. The van der Waals surface area contributed by atoms with E-state index in [-0.39, 0.29) is 22.4 Å². The maximum atomic E-state index is 13.1. The Balaban J connectivity index is 1.52. The van der Waals surface area contributed by atoms with E-state index in [1.165, 1.54) is 13.2 Å². The van der Waals surface area contributed by atoms with Gasteiger partial charge >= 0.3 is 5.69 Å². The van der Waals surface area contributed by atoms with Crippen molar-refractivity contribution < 1.29 is 28.4 Å². The lowest BCUT2D eigenvalue weighted by molar-refractivity contribution is -0.385. The van der Waals surface area contributed by atoms with Crippen LogP contribution in [0.5, 0.6) is 17.2 Å². The van der Waals surface area contributed by atoms with E-state index in [4.69, 9.17) is 18.6 Å². The zero-order valence-electron chi connectivity index (χ0n) is 25.3. The van der Waals surface area contributed by atoms with Crippen LogP contribution >= 0.6 is 0 Å². The second-order valence-corrected chi connectivity index (χ2v) is 16.5. The van der Waals surface area contributed by atoms with Crippen LogP contribution < -0.4 is 24.8 Å². The Morgan fingerprint density at radius 3 is 2.10 bits per heavy atom. The van der Waals surface area contributed by atoms with E-state index in [0.29, 0.717) is 52.9 Å². The molecular weight excluding hydrogens is 554 g/mol. The average Bonchev–Trinajstić information content (AvgIpc) is 3.07. The lowest BCUT2D eigenvalue weighted by Crippen LogP contribution is -2.41. The van der Waals surface area contributed by atoms with Crippen molar-refractivity contribution in [2.45, 2.75) is 51.7 Å². The molecule has 3 aromatic carbocycles. The summed E-state index contributed by atoms with van der Waals surface area (Å²) < 4.78 is 23.2. The Bertz CT molecular complexity index is 1480. The third-order valence-corrected chi connectivity index (χ3v) is 12.4. The molecule has 10 nitrogen and oxygen atoms in total. The second-order valence-electron chi connectivity index (χ2n) is 11.7. The molecule has 0 spiro atoms. The molecule has 0 aliphatic carbocycles. The van der Waals surface area contributed by atoms with Crippen molar-refractivity contribution >= 4 is 37.0 Å². The van der Waals surface area contributed by atoms with Crippen LogP contribution in [-0.4, -0.2) is 46.6 Å².